The zero-order valence-electron chi connectivity index (χ0n) is 16.1. The van der Waals surface area contributed by atoms with E-state index in [0.29, 0.717) is 24.7 Å². The van der Waals surface area contributed by atoms with Crippen LogP contribution in [0, 0.1) is 12.7 Å². The first-order valence-electron chi connectivity index (χ1n) is 8.82. The number of benzene rings is 2. The van der Waals surface area contributed by atoms with E-state index in [1.807, 2.05) is 31.2 Å². The summed E-state index contributed by atoms with van der Waals surface area (Å²) in [5.41, 5.74) is 2.50. The van der Waals surface area contributed by atoms with Gasteiger partial charge in [0, 0.05) is 13.5 Å². The molecule has 0 fully saturated rings. The van der Waals surface area contributed by atoms with Gasteiger partial charge in [-0.05, 0) is 48.9 Å². The summed E-state index contributed by atoms with van der Waals surface area (Å²) < 4.78 is 25.7. The Morgan fingerprint density at radius 2 is 1.75 bits per heavy atom. The van der Waals surface area contributed by atoms with Crippen LogP contribution < -0.4 is 9.47 Å². The van der Waals surface area contributed by atoms with Crippen molar-refractivity contribution >= 4 is 6.21 Å². The molecule has 146 valence electrons. The van der Waals surface area contributed by atoms with E-state index in [4.69, 9.17) is 14.3 Å². The first kappa shape index (κ1) is 19.4. The molecule has 3 aromatic rings. The lowest BCUT2D eigenvalue weighted by Gasteiger charge is -2.07. The first-order valence-corrected chi connectivity index (χ1v) is 8.82. The number of methoxy groups -OCH3 is 1. The number of aromatic nitrogens is 2. The van der Waals surface area contributed by atoms with Crippen LogP contribution in [0.5, 0.6) is 17.4 Å². The quantitative estimate of drug-likeness (QED) is 0.331. The van der Waals surface area contributed by atoms with Crippen molar-refractivity contribution in [2.75, 3.05) is 13.7 Å². The minimum absolute atomic E-state index is 0.251. The molecule has 0 aliphatic carbocycles. The molecule has 3 rings (SSSR count). The number of aryl methyl sites for hydroxylation is 2. The van der Waals surface area contributed by atoms with Gasteiger partial charge in [0.15, 0.2) is 0 Å². The number of ether oxygens (including phenoxy) is 2. The molecule has 0 saturated carbocycles. The third kappa shape index (κ3) is 4.88. The average Bonchev–Trinajstić information content (AvgIpc) is 2.96. The normalized spacial score (nSPS) is 11.0. The monoisotopic (exact) mass is 383 g/mol. The summed E-state index contributed by atoms with van der Waals surface area (Å²) in [6.07, 6.45) is 2.23. The van der Waals surface area contributed by atoms with Crippen molar-refractivity contribution in [3.05, 3.63) is 71.2 Å². The standard InChI is InChI=1S/C21H22FN3O3/c1-15-20(14-23-27-13-12-16-4-6-17(22)7-5-16)21(25(2)24-15)28-19-10-8-18(26-3)9-11-19/h4-11,14H,12-13H2,1-3H3. The Kier molecular flexibility index (Phi) is 6.26. The maximum Gasteiger partial charge on any atom is 0.226 e. The molecule has 7 heteroatoms. The Morgan fingerprint density at radius 3 is 2.43 bits per heavy atom. The number of hydrogen-bond donors (Lipinski definition) is 0. The van der Waals surface area contributed by atoms with E-state index >= 15 is 0 Å². The second-order valence-electron chi connectivity index (χ2n) is 6.15. The van der Waals surface area contributed by atoms with Gasteiger partial charge in [0.25, 0.3) is 0 Å². The maximum absolute atomic E-state index is 12.9. The van der Waals surface area contributed by atoms with Crippen molar-refractivity contribution in [1.82, 2.24) is 9.78 Å². The molecule has 0 atom stereocenters. The molecule has 0 unspecified atom stereocenters. The van der Waals surface area contributed by atoms with Gasteiger partial charge in [-0.1, -0.05) is 17.3 Å². The smallest absolute Gasteiger partial charge is 0.226 e. The molecule has 0 aliphatic rings. The average molecular weight is 383 g/mol. The molecule has 0 N–H and O–H groups in total. The van der Waals surface area contributed by atoms with Crippen LogP contribution in [0.2, 0.25) is 0 Å². The second-order valence-corrected chi connectivity index (χ2v) is 6.15. The topological polar surface area (TPSA) is 57.9 Å². The fraction of sp³-hybridized carbons (Fsp3) is 0.238. The van der Waals surface area contributed by atoms with Crippen molar-refractivity contribution in [2.24, 2.45) is 12.2 Å². The highest BCUT2D eigenvalue weighted by atomic mass is 19.1. The molecule has 0 radical (unpaired) electrons. The van der Waals surface area contributed by atoms with Crippen LogP contribution in [-0.2, 0) is 18.3 Å². The minimum Gasteiger partial charge on any atom is -0.497 e. The van der Waals surface area contributed by atoms with Crippen LogP contribution in [0.3, 0.4) is 0 Å². The molecule has 1 aromatic heterocycles. The minimum atomic E-state index is -0.251. The number of hydrogen-bond acceptors (Lipinski definition) is 5. The van der Waals surface area contributed by atoms with Gasteiger partial charge in [0.05, 0.1) is 24.6 Å². The van der Waals surface area contributed by atoms with Gasteiger partial charge in [0.1, 0.15) is 23.9 Å². The zero-order chi connectivity index (χ0) is 19.9. The highest BCUT2D eigenvalue weighted by Gasteiger charge is 2.14. The molecule has 0 saturated heterocycles. The molecule has 2 aromatic carbocycles. The number of rotatable bonds is 8. The predicted octanol–water partition coefficient (Wildman–Crippen LogP) is 4.26. The lowest BCUT2D eigenvalue weighted by Crippen LogP contribution is -1.98. The summed E-state index contributed by atoms with van der Waals surface area (Å²) in [5, 5.41) is 8.41. The molecular formula is C21H22FN3O3. The molecule has 1 heterocycles. The second kappa shape index (κ2) is 9.03. The van der Waals surface area contributed by atoms with Gasteiger partial charge in [-0.15, -0.1) is 0 Å². The van der Waals surface area contributed by atoms with Crippen molar-refractivity contribution in [2.45, 2.75) is 13.3 Å². The van der Waals surface area contributed by atoms with Crippen molar-refractivity contribution < 1.29 is 18.7 Å². The third-order valence-corrected chi connectivity index (χ3v) is 4.14. The summed E-state index contributed by atoms with van der Waals surface area (Å²) >= 11 is 0. The largest absolute Gasteiger partial charge is 0.497 e. The van der Waals surface area contributed by atoms with Gasteiger partial charge in [-0.25, -0.2) is 9.07 Å². The van der Waals surface area contributed by atoms with Crippen LogP contribution in [0.15, 0.2) is 53.7 Å². The lowest BCUT2D eigenvalue weighted by molar-refractivity contribution is 0.149. The summed E-state index contributed by atoms with van der Waals surface area (Å²) in [4.78, 5) is 5.34. The Labute approximate surface area is 163 Å². The van der Waals surface area contributed by atoms with E-state index in [0.717, 1.165) is 22.6 Å². The Hall–Kier alpha value is -3.35. The van der Waals surface area contributed by atoms with Gasteiger partial charge in [-0.3, -0.25) is 0 Å². The molecule has 0 bridgehead atoms. The molecule has 0 amide bonds. The van der Waals surface area contributed by atoms with Crippen LogP contribution >= 0.6 is 0 Å². The fourth-order valence-corrected chi connectivity index (χ4v) is 2.64. The zero-order valence-corrected chi connectivity index (χ0v) is 16.1. The molecule has 28 heavy (non-hydrogen) atoms. The van der Waals surface area contributed by atoms with E-state index in [1.54, 1.807) is 37.2 Å². The highest BCUT2D eigenvalue weighted by molar-refractivity contribution is 5.84. The Balaban J connectivity index is 1.62. The van der Waals surface area contributed by atoms with E-state index < -0.39 is 0 Å². The third-order valence-electron chi connectivity index (χ3n) is 4.14. The van der Waals surface area contributed by atoms with Gasteiger partial charge < -0.3 is 14.3 Å². The lowest BCUT2D eigenvalue weighted by atomic mass is 10.2. The molecule has 0 aliphatic heterocycles. The molecule has 0 spiro atoms. The van der Waals surface area contributed by atoms with Crippen LogP contribution in [-0.4, -0.2) is 29.7 Å². The van der Waals surface area contributed by atoms with Gasteiger partial charge in [-0.2, -0.15) is 5.10 Å². The molecule has 6 nitrogen and oxygen atoms in total. The highest BCUT2D eigenvalue weighted by Crippen LogP contribution is 2.27. The summed E-state index contributed by atoms with van der Waals surface area (Å²) in [7, 11) is 3.42. The van der Waals surface area contributed by atoms with Crippen LogP contribution in [0.25, 0.3) is 0 Å². The van der Waals surface area contributed by atoms with Crippen molar-refractivity contribution in [3.8, 4) is 17.4 Å². The predicted molar refractivity (Wildman–Crippen MR) is 105 cm³/mol. The van der Waals surface area contributed by atoms with Crippen molar-refractivity contribution in [3.63, 3.8) is 0 Å². The Morgan fingerprint density at radius 1 is 1.07 bits per heavy atom. The van der Waals surface area contributed by atoms with Crippen LogP contribution in [0.4, 0.5) is 4.39 Å². The SMILES string of the molecule is COc1ccc(Oc2c(C=NOCCc3ccc(F)cc3)c(C)nn2C)cc1. The Bertz CT molecular complexity index is 935. The van der Waals surface area contributed by atoms with E-state index in [1.165, 1.54) is 12.1 Å². The van der Waals surface area contributed by atoms with Gasteiger partial charge >= 0.3 is 0 Å². The summed E-state index contributed by atoms with van der Waals surface area (Å²) in [6.45, 7) is 2.26. The number of oxime groups is 1. The summed E-state index contributed by atoms with van der Waals surface area (Å²) in [5.74, 6) is 1.73. The number of halogens is 1. The maximum atomic E-state index is 12.9. The number of nitrogens with zero attached hydrogens (tertiary/aromatic N) is 3. The van der Waals surface area contributed by atoms with Gasteiger partial charge in [0.2, 0.25) is 5.88 Å². The first-order chi connectivity index (χ1) is 13.6. The molecular weight excluding hydrogens is 361 g/mol. The fourth-order valence-electron chi connectivity index (χ4n) is 2.64. The van der Waals surface area contributed by atoms with E-state index in [-0.39, 0.29) is 5.82 Å². The van der Waals surface area contributed by atoms with Crippen molar-refractivity contribution in [1.29, 1.82) is 0 Å². The van der Waals surface area contributed by atoms with E-state index in [9.17, 15) is 4.39 Å². The van der Waals surface area contributed by atoms with Crippen LogP contribution in [0.1, 0.15) is 16.8 Å². The van der Waals surface area contributed by atoms with E-state index in [2.05, 4.69) is 10.3 Å². The summed E-state index contributed by atoms with van der Waals surface area (Å²) in [6, 6.07) is 13.6.